The highest BCUT2D eigenvalue weighted by molar-refractivity contribution is 5.93. The fourth-order valence-corrected chi connectivity index (χ4v) is 6.26. The number of nitrogen functional groups attached to an aromatic ring is 1. The van der Waals surface area contributed by atoms with Crippen LogP contribution in [0.5, 0.6) is 0 Å². The van der Waals surface area contributed by atoms with Crippen LogP contribution >= 0.6 is 0 Å². The van der Waals surface area contributed by atoms with Crippen molar-refractivity contribution in [2.24, 2.45) is 0 Å². The number of aliphatic hydroxyl groups is 1. The number of para-hydroxylation sites is 2. The number of anilines is 2. The number of hydrogen-bond donors (Lipinski definition) is 4. The number of benzene rings is 4. The number of likely N-dealkylation sites (N-methyl/N-ethyl adjacent to an activating group) is 1. The molecule has 5 rings (SSSR count). The Balaban J connectivity index is 1.14. The Labute approximate surface area is 301 Å². The van der Waals surface area contributed by atoms with E-state index in [-0.39, 0.29) is 30.6 Å². The standard InChI is InChI=1S/C42H50N4O5/c1-3-23-46(2)28-36-26-39(32-21-19-30(29-47)20-22-32)51-42(50-36)35-14-10-13-34(25-35)33-12-9-11-31(24-33)27-44-40(48)17-5-4-6-18-41(49)45-38-16-8-7-15-37(38)43/h3,7-16,19-22,24-25,36,39,42,47H,1,4-6,17-18,23,26-29,43H2,2H3,(H,44,48)(H,45,49)/t36-,39+,42+/m0/s1. The topological polar surface area (TPSA) is 126 Å². The van der Waals surface area contributed by atoms with E-state index < -0.39 is 6.29 Å². The monoisotopic (exact) mass is 690 g/mol. The van der Waals surface area contributed by atoms with Crippen LogP contribution in [-0.4, -0.2) is 48.1 Å². The lowest BCUT2D eigenvalue weighted by molar-refractivity contribution is -0.252. The third kappa shape index (κ3) is 11.4. The molecular formula is C42H50N4O5. The van der Waals surface area contributed by atoms with Gasteiger partial charge in [-0.25, -0.2) is 0 Å². The highest BCUT2D eigenvalue weighted by atomic mass is 16.7. The Morgan fingerprint density at radius 3 is 2.33 bits per heavy atom. The molecule has 4 aromatic rings. The van der Waals surface area contributed by atoms with Gasteiger partial charge in [0.05, 0.1) is 30.2 Å². The summed E-state index contributed by atoms with van der Waals surface area (Å²) in [5.74, 6) is -0.0865. The fourth-order valence-electron chi connectivity index (χ4n) is 6.26. The highest BCUT2D eigenvalue weighted by Crippen LogP contribution is 2.39. The molecule has 0 aromatic heterocycles. The first kappa shape index (κ1) is 37.5. The van der Waals surface area contributed by atoms with Crippen LogP contribution in [0.25, 0.3) is 11.1 Å². The van der Waals surface area contributed by atoms with Gasteiger partial charge in [0.2, 0.25) is 11.8 Å². The van der Waals surface area contributed by atoms with Crippen LogP contribution in [-0.2, 0) is 32.2 Å². The molecule has 4 aromatic carbocycles. The van der Waals surface area contributed by atoms with Gasteiger partial charge in [0.25, 0.3) is 0 Å². The smallest absolute Gasteiger partial charge is 0.224 e. The minimum Gasteiger partial charge on any atom is -0.397 e. The lowest BCUT2D eigenvalue weighted by Crippen LogP contribution is -2.37. The van der Waals surface area contributed by atoms with Crippen LogP contribution in [0.3, 0.4) is 0 Å². The van der Waals surface area contributed by atoms with Crippen molar-refractivity contribution >= 4 is 23.2 Å². The van der Waals surface area contributed by atoms with Crippen molar-refractivity contribution in [3.05, 3.63) is 132 Å². The van der Waals surface area contributed by atoms with E-state index in [1.807, 2.05) is 66.7 Å². The lowest BCUT2D eigenvalue weighted by atomic mass is 9.98. The molecule has 51 heavy (non-hydrogen) atoms. The van der Waals surface area contributed by atoms with E-state index in [1.54, 1.807) is 12.1 Å². The largest absolute Gasteiger partial charge is 0.397 e. The molecular weight excluding hydrogens is 640 g/mol. The van der Waals surface area contributed by atoms with E-state index in [0.29, 0.717) is 50.0 Å². The molecule has 1 fully saturated rings. The maximum absolute atomic E-state index is 12.6. The number of nitrogens with one attached hydrogen (secondary N) is 2. The van der Waals surface area contributed by atoms with Crippen LogP contribution < -0.4 is 16.4 Å². The average molecular weight is 691 g/mol. The lowest BCUT2D eigenvalue weighted by Gasteiger charge is -2.37. The number of ether oxygens (including phenoxy) is 2. The zero-order chi connectivity index (χ0) is 36.0. The summed E-state index contributed by atoms with van der Waals surface area (Å²) in [6, 6.07) is 31.5. The average Bonchev–Trinajstić information content (AvgIpc) is 3.15. The van der Waals surface area contributed by atoms with E-state index in [9.17, 15) is 14.7 Å². The summed E-state index contributed by atoms with van der Waals surface area (Å²) in [7, 11) is 2.06. The number of nitrogens with two attached hydrogens (primary N) is 1. The zero-order valence-corrected chi connectivity index (χ0v) is 29.4. The molecule has 1 aliphatic heterocycles. The van der Waals surface area contributed by atoms with Gasteiger partial charge in [-0.3, -0.25) is 9.59 Å². The van der Waals surface area contributed by atoms with E-state index in [1.165, 1.54) is 0 Å². The van der Waals surface area contributed by atoms with E-state index in [2.05, 4.69) is 53.4 Å². The fraction of sp³-hybridized carbons (Fsp3) is 0.333. The number of hydrogen-bond acceptors (Lipinski definition) is 7. The molecule has 1 heterocycles. The Morgan fingerprint density at radius 2 is 1.59 bits per heavy atom. The molecule has 0 unspecified atom stereocenters. The molecule has 1 saturated heterocycles. The van der Waals surface area contributed by atoms with Crippen molar-refractivity contribution in [1.29, 1.82) is 0 Å². The molecule has 0 aliphatic carbocycles. The van der Waals surface area contributed by atoms with Gasteiger partial charge in [-0.05, 0) is 72.0 Å². The van der Waals surface area contributed by atoms with Crippen molar-refractivity contribution in [2.75, 3.05) is 31.2 Å². The van der Waals surface area contributed by atoms with Gasteiger partial charge < -0.3 is 35.8 Å². The normalized spacial score (nSPS) is 17.2. The quantitative estimate of drug-likeness (QED) is 0.0521. The number of rotatable bonds is 17. The Kier molecular flexibility index (Phi) is 13.9. The van der Waals surface area contributed by atoms with Crippen molar-refractivity contribution in [2.45, 2.75) is 70.2 Å². The summed E-state index contributed by atoms with van der Waals surface area (Å²) in [5, 5.41) is 15.4. The molecule has 2 amide bonds. The molecule has 0 spiro atoms. The van der Waals surface area contributed by atoms with Crippen LogP contribution in [0.15, 0.2) is 110 Å². The number of carbonyl (C=O) groups is 2. The van der Waals surface area contributed by atoms with E-state index >= 15 is 0 Å². The van der Waals surface area contributed by atoms with Gasteiger partial charge in [-0.2, -0.15) is 0 Å². The highest BCUT2D eigenvalue weighted by Gasteiger charge is 2.32. The predicted octanol–water partition coefficient (Wildman–Crippen LogP) is 7.30. The maximum Gasteiger partial charge on any atom is 0.224 e. The third-order valence-corrected chi connectivity index (χ3v) is 9.02. The molecule has 5 N–H and O–H groups in total. The molecule has 3 atom stereocenters. The third-order valence-electron chi connectivity index (χ3n) is 9.02. The molecule has 1 aliphatic rings. The summed E-state index contributed by atoms with van der Waals surface area (Å²) in [6.45, 7) is 5.81. The summed E-state index contributed by atoms with van der Waals surface area (Å²) in [5.41, 5.74) is 13.0. The summed E-state index contributed by atoms with van der Waals surface area (Å²) in [4.78, 5) is 27.0. The second kappa shape index (κ2) is 19.0. The van der Waals surface area contributed by atoms with Gasteiger partial charge in [-0.15, -0.1) is 6.58 Å². The molecule has 0 radical (unpaired) electrons. The minimum atomic E-state index is -0.553. The van der Waals surface area contributed by atoms with E-state index in [4.69, 9.17) is 15.2 Å². The number of carbonyl (C=O) groups excluding carboxylic acids is 2. The van der Waals surface area contributed by atoms with Crippen LogP contribution in [0, 0.1) is 0 Å². The Bertz CT molecular complexity index is 1740. The first-order chi connectivity index (χ1) is 24.8. The van der Waals surface area contributed by atoms with Gasteiger partial charge in [0.1, 0.15) is 0 Å². The summed E-state index contributed by atoms with van der Waals surface area (Å²) < 4.78 is 13.1. The summed E-state index contributed by atoms with van der Waals surface area (Å²) in [6.07, 6.45) is 4.84. The number of unbranched alkanes of at least 4 members (excludes halogenated alkanes) is 2. The molecule has 0 saturated carbocycles. The van der Waals surface area contributed by atoms with Gasteiger partial charge in [0, 0.05) is 44.5 Å². The summed E-state index contributed by atoms with van der Waals surface area (Å²) >= 11 is 0. The van der Waals surface area contributed by atoms with Crippen LogP contribution in [0.2, 0.25) is 0 Å². The number of amides is 2. The Morgan fingerprint density at radius 1 is 0.863 bits per heavy atom. The van der Waals surface area contributed by atoms with Crippen molar-refractivity contribution in [1.82, 2.24) is 10.2 Å². The van der Waals surface area contributed by atoms with Crippen LogP contribution in [0.1, 0.15) is 73.2 Å². The van der Waals surface area contributed by atoms with Crippen molar-refractivity contribution in [3.8, 4) is 11.1 Å². The second-order valence-electron chi connectivity index (χ2n) is 13.2. The van der Waals surface area contributed by atoms with Crippen LogP contribution in [0.4, 0.5) is 11.4 Å². The van der Waals surface area contributed by atoms with Crippen molar-refractivity contribution < 1.29 is 24.2 Å². The number of aliphatic hydroxyl groups excluding tert-OH is 1. The molecule has 9 heteroatoms. The zero-order valence-electron chi connectivity index (χ0n) is 29.4. The predicted molar refractivity (Wildman–Crippen MR) is 202 cm³/mol. The van der Waals surface area contributed by atoms with Gasteiger partial charge in [-0.1, -0.05) is 85.3 Å². The van der Waals surface area contributed by atoms with E-state index in [0.717, 1.165) is 52.9 Å². The van der Waals surface area contributed by atoms with Gasteiger partial charge in [0.15, 0.2) is 6.29 Å². The molecule has 268 valence electrons. The first-order valence-corrected chi connectivity index (χ1v) is 17.7. The van der Waals surface area contributed by atoms with Crippen molar-refractivity contribution in [3.63, 3.8) is 0 Å². The second-order valence-corrected chi connectivity index (χ2v) is 13.2. The Hall–Kier alpha value is -4.80. The SMILES string of the molecule is C=CCN(C)C[C@@H]1C[C@H](c2ccc(CO)cc2)O[C@H](c2cccc(-c3cccc(CNC(=O)CCCCCC(=O)Nc4ccccc4N)c3)c2)O1. The van der Waals surface area contributed by atoms with Gasteiger partial charge >= 0.3 is 0 Å². The first-order valence-electron chi connectivity index (χ1n) is 17.7. The number of nitrogens with zero attached hydrogens (tertiary/aromatic N) is 1. The molecule has 0 bridgehead atoms. The maximum atomic E-state index is 12.6. The molecule has 9 nitrogen and oxygen atoms in total. The minimum absolute atomic E-state index is 0.00242.